The van der Waals surface area contributed by atoms with Gasteiger partial charge in [0.2, 0.25) is 5.91 Å². The Bertz CT molecular complexity index is 828. The van der Waals surface area contributed by atoms with Crippen molar-refractivity contribution in [2.75, 3.05) is 17.4 Å². The van der Waals surface area contributed by atoms with Crippen LogP contribution in [0.5, 0.6) is 5.75 Å². The Balaban J connectivity index is 1.80. The fraction of sp³-hybridized carbons (Fsp3) is 0.211. The highest BCUT2D eigenvalue weighted by molar-refractivity contribution is 6.44. The molecule has 1 aliphatic rings. The molecule has 0 saturated heterocycles. The zero-order chi connectivity index (χ0) is 17.8. The van der Waals surface area contributed by atoms with Crippen molar-refractivity contribution < 1.29 is 14.3 Å². The predicted octanol–water partition coefficient (Wildman–Crippen LogP) is 3.13. The van der Waals surface area contributed by atoms with Crippen LogP contribution in [0.3, 0.4) is 0 Å². The van der Waals surface area contributed by atoms with Gasteiger partial charge in [0.05, 0.1) is 12.8 Å². The third kappa shape index (κ3) is 3.85. The van der Waals surface area contributed by atoms with Gasteiger partial charge in [0.1, 0.15) is 11.5 Å². The lowest BCUT2D eigenvalue weighted by atomic mass is 10.1. The molecule has 1 N–H and O–H groups in total. The molecular weight excluding hydrogens is 318 g/mol. The van der Waals surface area contributed by atoms with E-state index in [2.05, 4.69) is 10.4 Å². The minimum Gasteiger partial charge on any atom is -0.497 e. The zero-order valence-corrected chi connectivity index (χ0v) is 14.2. The van der Waals surface area contributed by atoms with E-state index in [0.717, 1.165) is 5.56 Å². The van der Waals surface area contributed by atoms with Crippen molar-refractivity contribution in [2.24, 2.45) is 5.10 Å². The number of benzene rings is 2. The van der Waals surface area contributed by atoms with Gasteiger partial charge in [0.15, 0.2) is 0 Å². The van der Waals surface area contributed by atoms with Crippen LogP contribution < -0.4 is 15.1 Å². The lowest BCUT2D eigenvalue weighted by molar-refractivity contribution is -0.118. The van der Waals surface area contributed by atoms with Gasteiger partial charge in [-0.2, -0.15) is 5.10 Å². The standard InChI is InChI=1S/C19H19N3O3/c1-13-6-8-15(9-7-13)22-18(23)11-10-17(21-22)19(24)20-14-4-3-5-16(12-14)25-2/h3-9,12H,10-11H2,1-2H3,(H,20,24). The number of hydrogen-bond acceptors (Lipinski definition) is 4. The second kappa shape index (κ2) is 7.17. The van der Waals surface area contributed by atoms with Crippen LogP contribution in [0.25, 0.3) is 0 Å². The first-order chi connectivity index (χ1) is 12.1. The number of anilines is 2. The number of nitrogens with zero attached hydrogens (tertiary/aromatic N) is 2. The third-order valence-electron chi connectivity index (χ3n) is 3.90. The Morgan fingerprint density at radius 1 is 1.16 bits per heavy atom. The zero-order valence-electron chi connectivity index (χ0n) is 14.2. The van der Waals surface area contributed by atoms with E-state index in [1.165, 1.54) is 5.01 Å². The van der Waals surface area contributed by atoms with Crippen molar-refractivity contribution in [1.29, 1.82) is 0 Å². The fourth-order valence-corrected chi connectivity index (χ4v) is 2.51. The molecule has 2 amide bonds. The SMILES string of the molecule is COc1cccc(NC(=O)C2=NN(c3ccc(C)cc3)C(=O)CC2)c1. The molecule has 0 spiro atoms. The van der Waals surface area contributed by atoms with Gasteiger partial charge in [0, 0.05) is 24.6 Å². The monoisotopic (exact) mass is 337 g/mol. The minimum absolute atomic E-state index is 0.123. The highest BCUT2D eigenvalue weighted by Crippen LogP contribution is 2.22. The molecule has 0 aliphatic carbocycles. The summed E-state index contributed by atoms with van der Waals surface area (Å²) in [5, 5.41) is 8.35. The average Bonchev–Trinajstić information content (AvgIpc) is 2.63. The largest absolute Gasteiger partial charge is 0.497 e. The maximum atomic E-state index is 12.5. The van der Waals surface area contributed by atoms with E-state index >= 15 is 0 Å². The summed E-state index contributed by atoms with van der Waals surface area (Å²) in [5.41, 5.74) is 2.68. The number of carbonyl (C=O) groups is 2. The highest BCUT2D eigenvalue weighted by Gasteiger charge is 2.25. The number of rotatable bonds is 4. The first-order valence-electron chi connectivity index (χ1n) is 7.99. The molecule has 25 heavy (non-hydrogen) atoms. The molecule has 0 unspecified atom stereocenters. The highest BCUT2D eigenvalue weighted by atomic mass is 16.5. The van der Waals surface area contributed by atoms with E-state index in [0.29, 0.717) is 29.3 Å². The number of hydrogen-bond donors (Lipinski definition) is 1. The van der Waals surface area contributed by atoms with Crippen LogP contribution >= 0.6 is 0 Å². The van der Waals surface area contributed by atoms with Crippen LogP contribution in [0.4, 0.5) is 11.4 Å². The number of aryl methyl sites for hydroxylation is 1. The Morgan fingerprint density at radius 3 is 2.64 bits per heavy atom. The van der Waals surface area contributed by atoms with Crippen LogP contribution in [-0.2, 0) is 9.59 Å². The molecule has 2 aromatic carbocycles. The van der Waals surface area contributed by atoms with Gasteiger partial charge in [0.25, 0.3) is 5.91 Å². The van der Waals surface area contributed by atoms with Gasteiger partial charge >= 0.3 is 0 Å². The van der Waals surface area contributed by atoms with Gasteiger partial charge in [-0.15, -0.1) is 0 Å². The predicted molar refractivity (Wildman–Crippen MR) is 97.0 cm³/mol. The molecule has 128 valence electrons. The second-order valence-electron chi connectivity index (χ2n) is 5.77. The first-order valence-corrected chi connectivity index (χ1v) is 7.99. The van der Waals surface area contributed by atoms with Crippen molar-refractivity contribution >= 4 is 28.9 Å². The van der Waals surface area contributed by atoms with Gasteiger partial charge in [-0.3, -0.25) is 9.59 Å². The molecule has 6 nitrogen and oxygen atoms in total. The summed E-state index contributed by atoms with van der Waals surface area (Å²) in [6.45, 7) is 1.97. The molecule has 1 aliphatic heterocycles. The maximum Gasteiger partial charge on any atom is 0.271 e. The van der Waals surface area contributed by atoms with Crippen molar-refractivity contribution in [3.8, 4) is 5.75 Å². The Kier molecular flexibility index (Phi) is 4.79. The smallest absolute Gasteiger partial charge is 0.271 e. The van der Waals surface area contributed by atoms with Crippen molar-refractivity contribution in [3.63, 3.8) is 0 Å². The summed E-state index contributed by atoms with van der Waals surface area (Å²) in [7, 11) is 1.57. The molecule has 0 fully saturated rings. The number of ether oxygens (including phenoxy) is 1. The average molecular weight is 337 g/mol. The van der Waals surface area contributed by atoms with Gasteiger partial charge in [-0.1, -0.05) is 23.8 Å². The van der Waals surface area contributed by atoms with Crippen LogP contribution in [-0.4, -0.2) is 24.6 Å². The van der Waals surface area contributed by atoms with Crippen molar-refractivity contribution in [2.45, 2.75) is 19.8 Å². The minimum atomic E-state index is -0.321. The number of methoxy groups -OCH3 is 1. The van der Waals surface area contributed by atoms with Crippen molar-refractivity contribution in [1.82, 2.24) is 0 Å². The Labute approximate surface area is 146 Å². The number of carbonyl (C=O) groups excluding carboxylic acids is 2. The Morgan fingerprint density at radius 2 is 1.92 bits per heavy atom. The molecule has 1 heterocycles. The fourth-order valence-electron chi connectivity index (χ4n) is 2.51. The molecule has 0 saturated carbocycles. The second-order valence-corrected chi connectivity index (χ2v) is 5.77. The van der Waals surface area contributed by atoms with Crippen LogP contribution in [0.2, 0.25) is 0 Å². The molecule has 6 heteroatoms. The summed E-state index contributed by atoms with van der Waals surface area (Å²) < 4.78 is 5.15. The topological polar surface area (TPSA) is 71.0 Å². The summed E-state index contributed by atoms with van der Waals surface area (Å²) in [6.07, 6.45) is 0.565. The van der Waals surface area contributed by atoms with Gasteiger partial charge in [-0.25, -0.2) is 5.01 Å². The van der Waals surface area contributed by atoms with E-state index in [1.807, 2.05) is 31.2 Å². The molecule has 0 atom stereocenters. The summed E-state index contributed by atoms with van der Waals surface area (Å²) in [5.74, 6) is 0.208. The van der Waals surface area contributed by atoms with E-state index in [-0.39, 0.29) is 18.2 Å². The molecule has 3 rings (SSSR count). The molecule has 0 radical (unpaired) electrons. The lowest BCUT2D eigenvalue weighted by Crippen LogP contribution is -2.36. The molecule has 2 aromatic rings. The quantitative estimate of drug-likeness (QED) is 0.932. The van der Waals surface area contributed by atoms with Crippen molar-refractivity contribution in [3.05, 3.63) is 54.1 Å². The normalized spacial score (nSPS) is 14.1. The summed E-state index contributed by atoms with van der Waals surface area (Å²) in [4.78, 5) is 24.6. The number of hydrazone groups is 1. The lowest BCUT2D eigenvalue weighted by Gasteiger charge is -2.23. The maximum absolute atomic E-state index is 12.5. The molecular formula is C19H19N3O3. The first kappa shape index (κ1) is 16.7. The molecule has 0 bridgehead atoms. The summed E-state index contributed by atoms with van der Waals surface area (Å²) in [6, 6.07) is 14.5. The Hall–Kier alpha value is -3.15. The summed E-state index contributed by atoms with van der Waals surface area (Å²) >= 11 is 0. The van der Waals surface area contributed by atoms with Gasteiger partial charge in [-0.05, 0) is 31.2 Å². The number of amides is 2. The van der Waals surface area contributed by atoms with Crippen LogP contribution in [0.15, 0.2) is 53.6 Å². The van der Waals surface area contributed by atoms with E-state index in [9.17, 15) is 9.59 Å². The molecule has 0 aromatic heterocycles. The van der Waals surface area contributed by atoms with E-state index < -0.39 is 0 Å². The van der Waals surface area contributed by atoms with E-state index in [4.69, 9.17) is 4.74 Å². The third-order valence-corrected chi connectivity index (χ3v) is 3.90. The van der Waals surface area contributed by atoms with Crippen LogP contribution in [0, 0.1) is 6.92 Å². The van der Waals surface area contributed by atoms with E-state index in [1.54, 1.807) is 31.4 Å². The van der Waals surface area contributed by atoms with Crippen LogP contribution in [0.1, 0.15) is 18.4 Å². The number of nitrogens with one attached hydrogen (secondary N) is 1. The van der Waals surface area contributed by atoms with Gasteiger partial charge < -0.3 is 10.1 Å².